The molecule has 0 heterocycles. The first-order valence-corrected chi connectivity index (χ1v) is 7.26. The van der Waals surface area contributed by atoms with Gasteiger partial charge in [-0.25, -0.2) is 0 Å². The summed E-state index contributed by atoms with van der Waals surface area (Å²) < 4.78 is 16.9. The third-order valence-electron chi connectivity index (χ3n) is 3.12. The first kappa shape index (κ1) is 15.5. The van der Waals surface area contributed by atoms with Crippen molar-refractivity contribution in [2.75, 3.05) is 26.6 Å². The second-order valence-electron chi connectivity index (χ2n) is 4.36. The molecule has 1 N–H and O–H groups in total. The third kappa shape index (κ3) is 3.61. The van der Waals surface area contributed by atoms with E-state index in [1.807, 2.05) is 36.4 Å². The van der Waals surface area contributed by atoms with Crippen LogP contribution in [0.1, 0.15) is 5.56 Å². The van der Waals surface area contributed by atoms with Crippen molar-refractivity contribution < 1.29 is 14.2 Å². The van der Waals surface area contributed by atoms with Crippen LogP contribution in [0.5, 0.6) is 17.2 Å². The van der Waals surface area contributed by atoms with Crippen molar-refractivity contribution >= 4 is 21.6 Å². The van der Waals surface area contributed by atoms with Crippen molar-refractivity contribution in [2.45, 2.75) is 6.54 Å². The summed E-state index contributed by atoms with van der Waals surface area (Å²) in [4.78, 5) is 0. The lowest BCUT2D eigenvalue weighted by Crippen LogP contribution is -2.03. The summed E-state index contributed by atoms with van der Waals surface area (Å²) in [6.45, 7) is 0.638. The van der Waals surface area contributed by atoms with Crippen molar-refractivity contribution in [3.05, 3.63) is 46.4 Å². The zero-order valence-corrected chi connectivity index (χ0v) is 13.9. The van der Waals surface area contributed by atoms with Crippen LogP contribution in [-0.4, -0.2) is 21.3 Å². The monoisotopic (exact) mass is 351 g/mol. The minimum Gasteiger partial charge on any atom is -0.496 e. The summed E-state index contributed by atoms with van der Waals surface area (Å²) in [5, 5.41) is 3.36. The molecule has 2 aromatic rings. The highest BCUT2D eigenvalue weighted by molar-refractivity contribution is 9.10. The molecule has 0 aliphatic carbocycles. The van der Waals surface area contributed by atoms with E-state index in [1.54, 1.807) is 21.3 Å². The predicted molar refractivity (Wildman–Crippen MR) is 87.6 cm³/mol. The highest BCUT2D eigenvalue weighted by Gasteiger charge is 2.09. The molecule has 0 bridgehead atoms. The van der Waals surface area contributed by atoms with Crippen molar-refractivity contribution in [1.29, 1.82) is 0 Å². The Balaban J connectivity index is 2.15. The normalized spacial score (nSPS) is 10.1. The molecule has 0 aliphatic rings. The van der Waals surface area contributed by atoms with Gasteiger partial charge in [0.25, 0.3) is 0 Å². The average molecular weight is 352 g/mol. The summed E-state index contributed by atoms with van der Waals surface area (Å²) >= 11 is 3.47. The zero-order valence-electron chi connectivity index (χ0n) is 12.3. The quantitative estimate of drug-likeness (QED) is 0.850. The summed E-state index contributed by atoms with van der Waals surface area (Å²) in [7, 11) is 4.93. The molecule has 0 aliphatic heterocycles. The number of halogens is 1. The van der Waals surface area contributed by atoms with Gasteiger partial charge in [-0.3, -0.25) is 0 Å². The van der Waals surface area contributed by atoms with Gasteiger partial charge in [-0.2, -0.15) is 0 Å². The van der Waals surface area contributed by atoms with Crippen molar-refractivity contribution in [1.82, 2.24) is 0 Å². The van der Waals surface area contributed by atoms with E-state index in [2.05, 4.69) is 21.2 Å². The number of hydrogen-bond acceptors (Lipinski definition) is 4. The fourth-order valence-corrected chi connectivity index (χ4v) is 2.61. The fourth-order valence-electron chi connectivity index (χ4n) is 2.07. The van der Waals surface area contributed by atoms with Crippen LogP contribution in [0.3, 0.4) is 0 Å². The van der Waals surface area contributed by atoms with Gasteiger partial charge in [0.1, 0.15) is 5.75 Å². The van der Waals surface area contributed by atoms with Gasteiger partial charge in [-0.1, -0.05) is 12.1 Å². The number of methoxy groups -OCH3 is 3. The van der Waals surface area contributed by atoms with Gasteiger partial charge in [0, 0.05) is 17.8 Å². The van der Waals surface area contributed by atoms with Crippen LogP contribution >= 0.6 is 15.9 Å². The van der Waals surface area contributed by atoms with Crippen LogP contribution < -0.4 is 19.5 Å². The number of nitrogens with one attached hydrogen (secondary N) is 1. The molecule has 0 aromatic heterocycles. The molecule has 0 spiro atoms. The Bertz CT molecular complexity index is 616. The maximum absolute atomic E-state index is 5.42. The molecule has 4 nitrogen and oxygen atoms in total. The lowest BCUT2D eigenvalue weighted by molar-refractivity contribution is 0.352. The molecule has 0 saturated carbocycles. The molecule has 0 saturated heterocycles. The van der Waals surface area contributed by atoms with E-state index < -0.39 is 0 Å². The van der Waals surface area contributed by atoms with Crippen molar-refractivity contribution in [3.63, 3.8) is 0 Å². The number of ether oxygens (including phenoxy) is 3. The zero-order chi connectivity index (χ0) is 15.2. The molecule has 0 radical (unpaired) electrons. The van der Waals surface area contributed by atoms with Gasteiger partial charge in [-0.15, -0.1) is 0 Å². The highest BCUT2D eigenvalue weighted by Crippen LogP contribution is 2.32. The summed E-state index contributed by atoms with van der Waals surface area (Å²) in [6, 6.07) is 11.7. The molecule has 0 unspecified atom stereocenters. The second-order valence-corrected chi connectivity index (χ2v) is 5.21. The molecular formula is C16H18BrNO3. The number of para-hydroxylation sites is 1. The van der Waals surface area contributed by atoms with Crippen LogP contribution in [0.2, 0.25) is 0 Å². The summed E-state index contributed by atoms with van der Waals surface area (Å²) in [5.41, 5.74) is 2.02. The molecule has 0 fully saturated rings. The summed E-state index contributed by atoms with van der Waals surface area (Å²) in [6.07, 6.45) is 0. The smallest absolute Gasteiger partial charge is 0.165 e. The van der Waals surface area contributed by atoms with Gasteiger partial charge < -0.3 is 19.5 Å². The lowest BCUT2D eigenvalue weighted by atomic mass is 10.1. The van der Waals surface area contributed by atoms with Crippen LogP contribution in [-0.2, 0) is 6.54 Å². The van der Waals surface area contributed by atoms with Gasteiger partial charge in [0.05, 0.1) is 25.8 Å². The Kier molecular flexibility index (Phi) is 5.33. The van der Waals surface area contributed by atoms with Gasteiger partial charge in [0.15, 0.2) is 11.5 Å². The van der Waals surface area contributed by atoms with Gasteiger partial charge in [0.2, 0.25) is 0 Å². The van der Waals surface area contributed by atoms with Crippen molar-refractivity contribution in [3.8, 4) is 17.2 Å². The Labute approximate surface area is 133 Å². The molecule has 112 valence electrons. The molecule has 2 rings (SSSR count). The van der Waals surface area contributed by atoms with E-state index in [1.165, 1.54) is 0 Å². The SMILES string of the molecule is COc1ccc(NCc2cccc(OC)c2OC)cc1Br. The van der Waals surface area contributed by atoms with E-state index in [4.69, 9.17) is 14.2 Å². The molecule has 0 atom stereocenters. The van der Waals surface area contributed by atoms with E-state index in [0.717, 1.165) is 33.0 Å². The molecule has 2 aromatic carbocycles. The lowest BCUT2D eigenvalue weighted by Gasteiger charge is -2.14. The maximum Gasteiger partial charge on any atom is 0.165 e. The highest BCUT2D eigenvalue weighted by atomic mass is 79.9. The van der Waals surface area contributed by atoms with E-state index in [9.17, 15) is 0 Å². The molecular weight excluding hydrogens is 334 g/mol. The van der Waals surface area contributed by atoms with E-state index in [0.29, 0.717) is 6.54 Å². The van der Waals surface area contributed by atoms with Crippen LogP contribution in [0.4, 0.5) is 5.69 Å². The molecule has 0 amide bonds. The molecule has 21 heavy (non-hydrogen) atoms. The Morgan fingerprint density at radius 3 is 2.33 bits per heavy atom. The van der Waals surface area contributed by atoms with Gasteiger partial charge in [-0.05, 0) is 40.2 Å². The third-order valence-corrected chi connectivity index (χ3v) is 3.74. The number of anilines is 1. The predicted octanol–water partition coefficient (Wildman–Crippen LogP) is 4.09. The van der Waals surface area contributed by atoms with Crippen LogP contribution in [0.15, 0.2) is 40.9 Å². The Morgan fingerprint density at radius 2 is 1.71 bits per heavy atom. The first-order valence-electron chi connectivity index (χ1n) is 6.47. The molecule has 5 heteroatoms. The topological polar surface area (TPSA) is 39.7 Å². The Morgan fingerprint density at radius 1 is 0.952 bits per heavy atom. The van der Waals surface area contributed by atoms with Crippen LogP contribution in [0, 0.1) is 0 Å². The minimum absolute atomic E-state index is 0.638. The number of benzene rings is 2. The fraction of sp³-hybridized carbons (Fsp3) is 0.250. The minimum atomic E-state index is 0.638. The maximum atomic E-state index is 5.42. The second kappa shape index (κ2) is 7.22. The summed E-state index contributed by atoms with van der Waals surface area (Å²) in [5.74, 6) is 2.28. The largest absolute Gasteiger partial charge is 0.496 e. The first-order chi connectivity index (χ1) is 10.2. The number of hydrogen-bond donors (Lipinski definition) is 1. The van der Waals surface area contributed by atoms with Gasteiger partial charge >= 0.3 is 0 Å². The number of rotatable bonds is 6. The standard InChI is InChI=1S/C16H18BrNO3/c1-19-14-8-7-12(9-13(14)17)18-10-11-5-4-6-15(20-2)16(11)21-3/h4-9,18H,10H2,1-3H3. The van der Waals surface area contributed by atoms with E-state index in [-0.39, 0.29) is 0 Å². The average Bonchev–Trinajstić information content (AvgIpc) is 2.52. The van der Waals surface area contributed by atoms with Crippen LogP contribution in [0.25, 0.3) is 0 Å². The Hall–Kier alpha value is -1.88. The van der Waals surface area contributed by atoms with Crippen molar-refractivity contribution in [2.24, 2.45) is 0 Å². The van der Waals surface area contributed by atoms with E-state index >= 15 is 0 Å².